The van der Waals surface area contributed by atoms with Gasteiger partial charge in [0, 0.05) is 10.0 Å². The van der Waals surface area contributed by atoms with Crippen molar-refractivity contribution in [2.75, 3.05) is 0 Å². The maximum atomic E-state index is 13.4. The highest BCUT2D eigenvalue weighted by atomic mass is 79.9. The highest BCUT2D eigenvalue weighted by Crippen LogP contribution is 2.31. The SMILES string of the molecule is CC(C)Cc1nc(-c2cc(F)ccc2Br)nc(Cl)c1Br. The van der Waals surface area contributed by atoms with Crippen LogP contribution in [0.3, 0.4) is 0 Å². The first-order chi connectivity index (χ1) is 9.38. The number of hydrogen-bond acceptors (Lipinski definition) is 2. The molecule has 20 heavy (non-hydrogen) atoms. The number of nitrogens with zero attached hydrogens (tertiary/aromatic N) is 2. The Morgan fingerprint density at radius 3 is 2.60 bits per heavy atom. The predicted molar refractivity (Wildman–Crippen MR) is 86.4 cm³/mol. The van der Waals surface area contributed by atoms with Gasteiger partial charge in [-0.05, 0) is 46.5 Å². The van der Waals surface area contributed by atoms with Gasteiger partial charge in [-0.1, -0.05) is 41.4 Å². The molecule has 1 aromatic heterocycles. The van der Waals surface area contributed by atoms with Crippen molar-refractivity contribution in [1.29, 1.82) is 0 Å². The van der Waals surface area contributed by atoms with Crippen LogP contribution in [0.15, 0.2) is 27.1 Å². The Labute approximate surface area is 139 Å². The Morgan fingerprint density at radius 2 is 1.95 bits per heavy atom. The second-order valence-electron chi connectivity index (χ2n) is 4.82. The largest absolute Gasteiger partial charge is 0.232 e. The van der Waals surface area contributed by atoms with Gasteiger partial charge in [0.2, 0.25) is 0 Å². The van der Waals surface area contributed by atoms with Crippen molar-refractivity contribution in [1.82, 2.24) is 9.97 Å². The molecule has 0 saturated carbocycles. The van der Waals surface area contributed by atoms with Gasteiger partial charge in [0.15, 0.2) is 5.82 Å². The number of aromatic nitrogens is 2. The molecule has 0 atom stereocenters. The summed E-state index contributed by atoms with van der Waals surface area (Å²) in [5.41, 5.74) is 1.41. The number of rotatable bonds is 3. The minimum absolute atomic E-state index is 0.335. The second kappa shape index (κ2) is 6.50. The average molecular weight is 423 g/mol. The third-order valence-corrected chi connectivity index (χ3v) is 4.68. The van der Waals surface area contributed by atoms with Crippen molar-refractivity contribution in [3.8, 4) is 11.4 Å². The van der Waals surface area contributed by atoms with Gasteiger partial charge in [-0.3, -0.25) is 0 Å². The third kappa shape index (κ3) is 3.57. The van der Waals surface area contributed by atoms with Crippen LogP contribution < -0.4 is 0 Å². The first kappa shape index (κ1) is 15.9. The zero-order valence-corrected chi connectivity index (χ0v) is 14.9. The van der Waals surface area contributed by atoms with Crippen LogP contribution in [-0.4, -0.2) is 9.97 Å². The molecule has 0 N–H and O–H groups in total. The van der Waals surface area contributed by atoms with Gasteiger partial charge in [-0.15, -0.1) is 0 Å². The normalized spacial score (nSPS) is 11.2. The summed E-state index contributed by atoms with van der Waals surface area (Å²) in [5, 5.41) is 0.335. The van der Waals surface area contributed by atoms with Crippen LogP contribution in [0.2, 0.25) is 5.15 Å². The zero-order valence-electron chi connectivity index (χ0n) is 10.9. The smallest absolute Gasteiger partial charge is 0.162 e. The van der Waals surface area contributed by atoms with Crippen LogP contribution in [0, 0.1) is 11.7 Å². The molecule has 1 heterocycles. The minimum atomic E-state index is -0.337. The molecule has 0 saturated heterocycles. The second-order valence-corrected chi connectivity index (χ2v) is 6.83. The summed E-state index contributed by atoms with van der Waals surface area (Å²) in [6, 6.07) is 4.40. The Hall–Kier alpha value is -0.520. The highest BCUT2D eigenvalue weighted by molar-refractivity contribution is 9.11. The molecule has 0 spiro atoms. The Morgan fingerprint density at radius 1 is 1.25 bits per heavy atom. The van der Waals surface area contributed by atoms with Crippen LogP contribution in [0.25, 0.3) is 11.4 Å². The first-order valence-corrected chi connectivity index (χ1v) is 8.02. The van der Waals surface area contributed by atoms with Gasteiger partial charge in [0.1, 0.15) is 11.0 Å². The molecular weight excluding hydrogens is 410 g/mol. The van der Waals surface area contributed by atoms with Gasteiger partial charge in [-0.2, -0.15) is 0 Å². The van der Waals surface area contributed by atoms with E-state index in [1.807, 2.05) is 0 Å². The van der Waals surface area contributed by atoms with E-state index < -0.39 is 0 Å². The van der Waals surface area contributed by atoms with Crippen molar-refractivity contribution in [3.05, 3.63) is 43.8 Å². The van der Waals surface area contributed by atoms with E-state index in [2.05, 4.69) is 55.7 Å². The average Bonchev–Trinajstić information content (AvgIpc) is 2.37. The Bertz CT molecular complexity index is 647. The first-order valence-electron chi connectivity index (χ1n) is 6.05. The van der Waals surface area contributed by atoms with E-state index in [0.717, 1.165) is 16.6 Å². The molecule has 2 aromatic rings. The van der Waals surface area contributed by atoms with Crippen LogP contribution in [0.1, 0.15) is 19.5 Å². The lowest BCUT2D eigenvalue weighted by Crippen LogP contribution is -2.03. The minimum Gasteiger partial charge on any atom is -0.232 e. The highest BCUT2D eigenvalue weighted by Gasteiger charge is 2.15. The van der Waals surface area contributed by atoms with Crippen LogP contribution >= 0.6 is 43.5 Å². The van der Waals surface area contributed by atoms with Crippen molar-refractivity contribution in [2.24, 2.45) is 5.92 Å². The number of hydrogen-bond donors (Lipinski definition) is 0. The van der Waals surface area contributed by atoms with Crippen molar-refractivity contribution >= 4 is 43.5 Å². The monoisotopic (exact) mass is 420 g/mol. The van der Waals surface area contributed by atoms with Crippen LogP contribution in [0.4, 0.5) is 4.39 Å². The molecule has 0 aliphatic rings. The van der Waals surface area contributed by atoms with Gasteiger partial charge in [-0.25, -0.2) is 14.4 Å². The van der Waals surface area contributed by atoms with E-state index in [1.165, 1.54) is 12.1 Å². The van der Waals surface area contributed by atoms with Crippen molar-refractivity contribution in [2.45, 2.75) is 20.3 Å². The number of halogens is 4. The molecule has 0 amide bonds. The van der Waals surface area contributed by atoms with E-state index in [4.69, 9.17) is 11.6 Å². The maximum Gasteiger partial charge on any atom is 0.162 e. The summed E-state index contributed by atoms with van der Waals surface area (Å²) >= 11 is 12.9. The fourth-order valence-electron chi connectivity index (χ4n) is 1.77. The lowest BCUT2D eigenvalue weighted by molar-refractivity contribution is 0.626. The third-order valence-electron chi connectivity index (χ3n) is 2.65. The van der Waals surface area contributed by atoms with Gasteiger partial charge in [0.25, 0.3) is 0 Å². The van der Waals surface area contributed by atoms with Crippen molar-refractivity contribution in [3.63, 3.8) is 0 Å². The van der Waals surface area contributed by atoms with E-state index in [0.29, 0.717) is 26.9 Å². The Balaban J connectivity index is 2.57. The predicted octanol–water partition coefficient (Wildman–Crippen LogP) is 5.66. The summed E-state index contributed by atoms with van der Waals surface area (Å²) in [6.45, 7) is 4.19. The molecule has 0 aliphatic heterocycles. The molecule has 2 rings (SSSR count). The van der Waals surface area contributed by atoms with Gasteiger partial charge < -0.3 is 0 Å². The van der Waals surface area contributed by atoms with Gasteiger partial charge >= 0.3 is 0 Å². The summed E-state index contributed by atoms with van der Waals surface area (Å²) < 4.78 is 14.8. The van der Waals surface area contributed by atoms with E-state index in [-0.39, 0.29) is 5.82 Å². The molecule has 0 unspecified atom stereocenters. The summed E-state index contributed by atoms with van der Waals surface area (Å²) in [6.07, 6.45) is 0.767. The maximum absolute atomic E-state index is 13.4. The van der Waals surface area contributed by atoms with Gasteiger partial charge in [0.05, 0.1) is 10.2 Å². The molecule has 0 fully saturated rings. The molecule has 2 nitrogen and oxygen atoms in total. The zero-order chi connectivity index (χ0) is 14.9. The molecule has 106 valence electrons. The fraction of sp³-hybridized carbons (Fsp3) is 0.286. The molecule has 1 aromatic carbocycles. The summed E-state index contributed by atoms with van der Waals surface area (Å²) in [4.78, 5) is 8.73. The molecule has 0 bridgehead atoms. The van der Waals surface area contributed by atoms with Crippen LogP contribution in [0.5, 0.6) is 0 Å². The molecule has 0 radical (unpaired) electrons. The van der Waals surface area contributed by atoms with Crippen molar-refractivity contribution < 1.29 is 4.39 Å². The lowest BCUT2D eigenvalue weighted by atomic mass is 10.1. The molecule has 0 aliphatic carbocycles. The summed E-state index contributed by atoms with van der Waals surface area (Å²) in [5.74, 6) is 0.512. The van der Waals surface area contributed by atoms with E-state index >= 15 is 0 Å². The fourth-order valence-corrected chi connectivity index (χ4v) is 2.73. The topological polar surface area (TPSA) is 25.8 Å². The van der Waals surface area contributed by atoms with Crippen LogP contribution in [-0.2, 0) is 6.42 Å². The molecular formula is C14H12Br2ClFN2. The lowest BCUT2D eigenvalue weighted by Gasteiger charge is -2.11. The quantitative estimate of drug-likeness (QED) is 0.597. The van der Waals surface area contributed by atoms with E-state index in [9.17, 15) is 4.39 Å². The number of benzene rings is 1. The Kier molecular flexibility index (Phi) is 5.15. The standard InChI is InChI=1S/C14H12Br2ClFN2/c1-7(2)5-11-12(16)13(17)20-14(19-11)9-6-8(18)3-4-10(9)15/h3-4,6-7H,5H2,1-2H3. The summed E-state index contributed by atoms with van der Waals surface area (Å²) in [7, 11) is 0. The van der Waals surface area contributed by atoms with E-state index in [1.54, 1.807) is 6.07 Å². The molecule has 6 heteroatoms.